The van der Waals surface area contributed by atoms with E-state index in [0.29, 0.717) is 33.0 Å². The number of benzene rings is 3. The Bertz CT molecular complexity index is 992. The number of phenolic OH excluding ortho intramolecular Hbond substituents is 3. The summed E-state index contributed by atoms with van der Waals surface area (Å²) in [6, 6.07) is 7.88. The average Bonchev–Trinajstić information content (AvgIpc) is 2.50. The molecule has 0 aromatic heterocycles. The Morgan fingerprint density at radius 2 is 1.44 bits per heavy atom. The third-order valence-electron chi connectivity index (χ3n) is 4.28. The molecule has 0 saturated carbocycles. The fourth-order valence-corrected chi connectivity index (χ4v) is 3.14. The first kappa shape index (κ1) is 17.0. The number of fused-ring (bicyclic) bond motifs is 1. The second-order valence-electron chi connectivity index (χ2n) is 5.99. The molecule has 0 atom stereocenters. The molecule has 3 rings (SSSR count). The van der Waals surface area contributed by atoms with E-state index in [1.165, 1.54) is 18.2 Å². The van der Waals surface area contributed by atoms with Crippen LogP contribution in [0.4, 0.5) is 13.2 Å². The highest BCUT2D eigenvalue weighted by Crippen LogP contribution is 2.41. The summed E-state index contributed by atoms with van der Waals surface area (Å²) in [6.07, 6.45) is -4.66. The van der Waals surface area contributed by atoms with Gasteiger partial charge in [-0.3, -0.25) is 0 Å². The lowest BCUT2D eigenvalue weighted by molar-refractivity contribution is -0.138. The molecule has 0 aliphatic heterocycles. The first-order valence-electron chi connectivity index (χ1n) is 7.46. The number of halogens is 3. The first-order valence-corrected chi connectivity index (χ1v) is 7.46. The summed E-state index contributed by atoms with van der Waals surface area (Å²) >= 11 is 0. The van der Waals surface area contributed by atoms with E-state index in [9.17, 15) is 28.5 Å². The van der Waals surface area contributed by atoms with Crippen LogP contribution in [0, 0.1) is 13.8 Å². The summed E-state index contributed by atoms with van der Waals surface area (Å²) in [5.74, 6) is -1.38. The molecule has 0 aliphatic carbocycles. The molecule has 0 bridgehead atoms. The van der Waals surface area contributed by atoms with Crippen LogP contribution in [0.1, 0.15) is 16.7 Å². The summed E-state index contributed by atoms with van der Waals surface area (Å²) in [5.41, 5.74) is 1.19. The molecule has 3 N–H and O–H groups in total. The van der Waals surface area contributed by atoms with Crippen LogP contribution in [0.25, 0.3) is 21.9 Å². The van der Waals surface area contributed by atoms with Gasteiger partial charge in [-0.15, -0.1) is 0 Å². The zero-order valence-electron chi connectivity index (χ0n) is 13.4. The Morgan fingerprint density at radius 3 is 2.08 bits per heavy atom. The molecule has 6 heteroatoms. The van der Waals surface area contributed by atoms with Crippen LogP contribution < -0.4 is 0 Å². The van der Waals surface area contributed by atoms with Gasteiger partial charge in [0.2, 0.25) is 0 Å². The Kier molecular flexibility index (Phi) is 3.78. The molecular weight excluding hydrogens is 333 g/mol. The van der Waals surface area contributed by atoms with Crippen molar-refractivity contribution in [3.63, 3.8) is 0 Å². The van der Waals surface area contributed by atoms with Crippen molar-refractivity contribution in [1.29, 1.82) is 0 Å². The van der Waals surface area contributed by atoms with Crippen molar-refractivity contribution in [2.45, 2.75) is 20.0 Å². The van der Waals surface area contributed by atoms with Gasteiger partial charge in [0, 0.05) is 0 Å². The minimum Gasteiger partial charge on any atom is -0.507 e. The summed E-state index contributed by atoms with van der Waals surface area (Å²) in [5, 5.41) is 30.2. The third kappa shape index (κ3) is 2.84. The Hall–Kier alpha value is -2.89. The van der Waals surface area contributed by atoms with Crippen LogP contribution in [-0.4, -0.2) is 15.3 Å². The van der Waals surface area contributed by atoms with Crippen molar-refractivity contribution in [2.24, 2.45) is 0 Å². The van der Waals surface area contributed by atoms with Crippen LogP contribution in [0.5, 0.6) is 17.2 Å². The van der Waals surface area contributed by atoms with E-state index in [-0.39, 0.29) is 11.5 Å². The summed E-state index contributed by atoms with van der Waals surface area (Å²) in [7, 11) is 0. The number of hydrogen-bond donors (Lipinski definition) is 3. The van der Waals surface area contributed by atoms with Crippen LogP contribution in [0.2, 0.25) is 0 Å². The van der Waals surface area contributed by atoms with Gasteiger partial charge in [0.1, 0.15) is 5.75 Å². The minimum atomic E-state index is -4.66. The molecule has 0 heterocycles. The number of hydrogen-bond acceptors (Lipinski definition) is 3. The maximum atomic E-state index is 13.1. The fraction of sp³-hybridized carbons (Fsp3) is 0.158. The summed E-state index contributed by atoms with van der Waals surface area (Å²) in [4.78, 5) is 0. The van der Waals surface area contributed by atoms with E-state index in [1.807, 2.05) is 0 Å². The van der Waals surface area contributed by atoms with E-state index in [1.54, 1.807) is 19.9 Å². The second-order valence-corrected chi connectivity index (χ2v) is 5.99. The van der Waals surface area contributed by atoms with E-state index >= 15 is 0 Å². The largest absolute Gasteiger partial charge is 0.507 e. The van der Waals surface area contributed by atoms with Crippen molar-refractivity contribution in [3.8, 4) is 28.4 Å². The molecule has 0 unspecified atom stereocenters. The number of aromatic hydroxyl groups is 3. The normalized spacial score (nSPS) is 11.9. The van der Waals surface area contributed by atoms with Crippen molar-refractivity contribution in [3.05, 3.63) is 53.1 Å². The van der Waals surface area contributed by atoms with Gasteiger partial charge in [-0.2, -0.15) is 13.2 Å². The number of aryl methyl sites for hydroxylation is 2. The maximum absolute atomic E-state index is 13.1. The fourth-order valence-electron chi connectivity index (χ4n) is 3.14. The SMILES string of the molecule is Cc1cc2cc(O)c(O)cc2c(C)c1-c1ccc(O)c(C(F)(F)F)c1. The maximum Gasteiger partial charge on any atom is 0.419 e. The predicted molar refractivity (Wildman–Crippen MR) is 88.9 cm³/mol. The molecule has 0 aliphatic rings. The number of rotatable bonds is 1. The number of phenols is 3. The molecule has 3 aromatic carbocycles. The molecule has 0 fully saturated rings. The lowest BCUT2D eigenvalue weighted by atomic mass is 9.90. The minimum absolute atomic E-state index is 0.261. The van der Waals surface area contributed by atoms with Gasteiger partial charge in [-0.05, 0) is 71.1 Å². The van der Waals surface area contributed by atoms with Crippen LogP contribution in [-0.2, 0) is 6.18 Å². The van der Waals surface area contributed by atoms with Crippen molar-refractivity contribution < 1.29 is 28.5 Å². The summed E-state index contributed by atoms with van der Waals surface area (Å²) < 4.78 is 39.2. The Morgan fingerprint density at radius 1 is 0.800 bits per heavy atom. The first-order chi connectivity index (χ1) is 11.6. The molecule has 0 saturated heterocycles. The Balaban J connectivity index is 2.31. The lowest BCUT2D eigenvalue weighted by Gasteiger charge is -2.16. The van der Waals surface area contributed by atoms with Gasteiger partial charge in [-0.25, -0.2) is 0 Å². The topological polar surface area (TPSA) is 60.7 Å². The number of alkyl halides is 3. The molecule has 130 valence electrons. The standard InChI is InChI=1S/C19H15F3O3/c1-9-5-12-7-16(24)17(25)8-13(12)10(2)18(9)11-3-4-15(23)14(6-11)19(20,21)22/h3-8,23-25H,1-2H3. The van der Waals surface area contributed by atoms with Crippen LogP contribution in [0.15, 0.2) is 36.4 Å². The lowest BCUT2D eigenvalue weighted by Crippen LogP contribution is -2.05. The third-order valence-corrected chi connectivity index (χ3v) is 4.28. The quantitative estimate of drug-likeness (QED) is 0.526. The highest BCUT2D eigenvalue weighted by atomic mass is 19.4. The van der Waals surface area contributed by atoms with Gasteiger partial charge in [0.15, 0.2) is 11.5 Å². The zero-order chi connectivity index (χ0) is 18.5. The molecule has 25 heavy (non-hydrogen) atoms. The highest BCUT2D eigenvalue weighted by molar-refractivity contribution is 5.95. The van der Waals surface area contributed by atoms with E-state index in [0.717, 1.165) is 12.1 Å². The highest BCUT2D eigenvalue weighted by Gasteiger charge is 2.34. The van der Waals surface area contributed by atoms with Gasteiger partial charge in [-0.1, -0.05) is 12.1 Å². The zero-order valence-corrected chi connectivity index (χ0v) is 13.4. The molecule has 3 nitrogen and oxygen atoms in total. The molecule has 0 radical (unpaired) electrons. The van der Waals surface area contributed by atoms with Crippen LogP contribution in [0.3, 0.4) is 0 Å². The van der Waals surface area contributed by atoms with E-state index in [4.69, 9.17) is 0 Å². The Labute approximate surface area is 141 Å². The van der Waals surface area contributed by atoms with Gasteiger partial charge >= 0.3 is 6.18 Å². The molecule has 0 amide bonds. The molecule has 0 spiro atoms. The van der Waals surface area contributed by atoms with E-state index in [2.05, 4.69) is 0 Å². The second kappa shape index (κ2) is 5.58. The molecular formula is C19H15F3O3. The van der Waals surface area contributed by atoms with E-state index < -0.39 is 17.5 Å². The van der Waals surface area contributed by atoms with Gasteiger partial charge < -0.3 is 15.3 Å². The average molecular weight is 348 g/mol. The van der Waals surface area contributed by atoms with Crippen molar-refractivity contribution >= 4 is 10.8 Å². The van der Waals surface area contributed by atoms with Crippen molar-refractivity contribution in [2.75, 3.05) is 0 Å². The monoisotopic (exact) mass is 348 g/mol. The van der Waals surface area contributed by atoms with Gasteiger partial charge in [0.05, 0.1) is 5.56 Å². The smallest absolute Gasteiger partial charge is 0.419 e. The predicted octanol–water partition coefficient (Wildman–Crippen LogP) is 5.26. The summed E-state index contributed by atoms with van der Waals surface area (Å²) in [6.45, 7) is 3.49. The van der Waals surface area contributed by atoms with Gasteiger partial charge in [0.25, 0.3) is 0 Å². The van der Waals surface area contributed by atoms with Crippen LogP contribution >= 0.6 is 0 Å². The van der Waals surface area contributed by atoms with Crippen molar-refractivity contribution in [1.82, 2.24) is 0 Å². The molecule has 3 aromatic rings.